The lowest BCUT2D eigenvalue weighted by atomic mass is 10.0. The summed E-state index contributed by atoms with van der Waals surface area (Å²) in [4.78, 5) is 17.1. The number of carbonyl (C=O) groups excluding carboxylic acids is 1. The fraction of sp³-hybridized carbons (Fsp3) is 0.360. The smallest absolute Gasteiger partial charge is 0.387 e. The average Bonchev–Trinajstić information content (AvgIpc) is 3.29. The number of ketones is 1. The van der Waals surface area contributed by atoms with Crippen molar-refractivity contribution in [2.75, 3.05) is 19.8 Å². The molecular weight excluding hydrogens is 448 g/mol. The van der Waals surface area contributed by atoms with Crippen molar-refractivity contribution in [3.8, 4) is 28.7 Å². The predicted octanol–water partition coefficient (Wildman–Crippen LogP) is 5.16. The molecule has 3 rings (SSSR count). The second kappa shape index (κ2) is 12.1. The summed E-state index contributed by atoms with van der Waals surface area (Å²) in [6, 6.07) is 11.3. The molecule has 1 heterocycles. The van der Waals surface area contributed by atoms with Gasteiger partial charge in [-0.15, -0.1) is 0 Å². The van der Waals surface area contributed by atoms with E-state index in [0.29, 0.717) is 35.6 Å². The molecule has 0 spiro atoms. The Bertz CT molecular complexity index is 1080. The molecule has 0 fully saturated rings. The average molecular weight is 475 g/mol. The van der Waals surface area contributed by atoms with Crippen LogP contribution in [0.25, 0.3) is 11.5 Å². The zero-order chi connectivity index (χ0) is 24.5. The van der Waals surface area contributed by atoms with Gasteiger partial charge in [0, 0.05) is 18.4 Å². The van der Waals surface area contributed by atoms with E-state index in [1.165, 1.54) is 18.4 Å². The van der Waals surface area contributed by atoms with Crippen molar-refractivity contribution < 1.29 is 37.3 Å². The highest BCUT2D eigenvalue weighted by Gasteiger charge is 2.17. The number of halogens is 2. The summed E-state index contributed by atoms with van der Waals surface area (Å²) in [5, 5.41) is 8.95. The van der Waals surface area contributed by atoms with Gasteiger partial charge in [0.25, 0.3) is 0 Å². The van der Waals surface area contributed by atoms with Crippen molar-refractivity contribution in [1.82, 2.24) is 4.98 Å². The highest BCUT2D eigenvalue weighted by molar-refractivity contribution is 5.98. The Morgan fingerprint density at radius 2 is 1.88 bits per heavy atom. The van der Waals surface area contributed by atoms with Gasteiger partial charge in [-0.1, -0.05) is 26.0 Å². The molecule has 0 unspecified atom stereocenters. The topological polar surface area (TPSA) is 91.0 Å². The third-order valence-electron chi connectivity index (χ3n) is 4.68. The second-order valence-electron chi connectivity index (χ2n) is 7.88. The predicted molar refractivity (Wildman–Crippen MR) is 121 cm³/mol. The number of hydrogen-bond acceptors (Lipinski definition) is 7. The molecule has 1 aromatic heterocycles. The van der Waals surface area contributed by atoms with E-state index in [4.69, 9.17) is 19.0 Å². The van der Waals surface area contributed by atoms with Crippen LogP contribution in [0.15, 0.2) is 53.1 Å². The molecule has 0 atom stereocenters. The van der Waals surface area contributed by atoms with Crippen LogP contribution in [0.1, 0.15) is 36.3 Å². The molecule has 7 nitrogen and oxygen atoms in total. The summed E-state index contributed by atoms with van der Waals surface area (Å²) in [7, 11) is 0. The van der Waals surface area contributed by atoms with Gasteiger partial charge in [-0.25, -0.2) is 4.98 Å². The van der Waals surface area contributed by atoms with Crippen LogP contribution >= 0.6 is 0 Å². The number of para-hydroxylation sites is 1. The van der Waals surface area contributed by atoms with Crippen molar-refractivity contribution in [1.29, 1.82) is 0 Å². The molecule has 0 radical (unpaired) electrons. The van der Waals surface area contributed by atoms with Crippen molar-refractivity contribution in [2.24, 2.45) is 5.92 Å². The Balaban J connectivity index is 1.70. The fourth-order valence-electron chi connectivity index (χ4n) is 3.11. The Kier molecular flexibility index (Phi) is 8.98. The van der Waals surface area contributed by atoms with Gasteiger partial charge in [-0.2, -0.15) is 8.78 Å². The summed E-state index contributed by atoms with van der Waals surface area (Å²) in [6.45, 7) is 1.18. The molecule has 0 amide bonds. The minimum atomic E-state index is -2.97. The van der Waals surface area contributed by atoms with Gasteiger partial charge >= 0.3 is 6.61 Å². The number of ether oxygens (including phenoxy) is 3. The highest BCUT2D eigenvalue weighted by atomic mass is 19.3. The number of carbonyl (C=O) groups is 1. The first kappa shape index (κ1) is 25.2. The summed E-state index contributed by atoms with van der Waals surface area (Å²) in [5.74, 6) is 0.846. The maximum absolute atomic E-state index is 12.7. The van der Waals surface area contributed by atoms with Gasteiger partial charge in [0.1, 0.15) is 18.6 Å². The van der Waals surface area contributed by atoms with Gasteiger partial charge in [0.05, 0.1) is 24.5 Å². The van der Waals surface area contributed by atoms with Crippen LogP contribution in [0.3, 0.4) is 0 Å². The number of rotatable bonds is 13. The number of aromatic nitrogens is 1. The number of aliphatic hydroxyl groups excluding tert-OH is 1. The van der Waals surface area contributed by atoms with Gasteiger partial charge < -0.3 is 23.7 Å². The van der Waals surface area contributed by atoms with E-state index >= 15 is 0 Å². The Hall–Kier alpha value is -3.46. The molecule has 34 heavy (non-hydrogen) atoms. The molecule has 0 bridgehead atoms. The van der Waals surface area contributed by atoms with Crippen molar-refractivity contribution in [3.05, 3.63) is 60.0 Å². The fourth-order valence-corrected chi connectivity index (χ4v) is 3.11. The van der Waals surface area contributed by atoms with Gasteiger partial charge in [-0.3, -0.25) is 4.79 Å². The van der Waals surface area contributed by atoms with Gasteiger partial charge in [-0.05, 0) is 36.2 Å². The minimum Gasteiger partial charge on any atom is -0.490 e. The quantitative estimate of drug-likeness (QED) is 0.341. The number of Topliss-reactive ketones (excluding diaryl/α,β-unsaturated/α-hetero) is 1. The van der Waals surface area contributed by atoms with E-state index in [1.807, 2.05) is 13.8 Å². The molecule has 3 aromatic rings. The number of oxazole rings is 1. The van der Waals surface area contributed by atoms with Gasteiger partial charge in [0.2, 0.25) is 5.89 Å². The maximum atomic E-state index is 12.7. The minimum absolute atomic E-state index is 0.0705. The standard InChI is InChI=1S/C25H27F2NO6/c1-16(2)14-32-23-13-17(7-10-22(23)34-25(26)27)24-28-18(15-33-24)8-9-20(30)19-5-3-4-6-21(19)31-12-11-29/h3-7,10,13,15-16,25,29H,8-9,11-12,14H2,1-2H3. The first-order valence-corrected chi connectivity index (χ1v) is 10.9. The zero-order valence-corrected chi connectivity index (χ0v) is 19.0. The lowest BCUT2D eigenvalue weighted by molar-refractivity contribution is -0.0515. The maximum Gasteiger partial charge on any atom is 0.387 e. The van der Waals surface area contributed by atoms with E-state index < -0.39 is 6.61 Å². The molecule has 1 N–H and O–H groups in total. The molecule has 9 heteroatoms. The molecule has 0 aliphatic heterocycles. The van der Waals surface area contributed by atoms with Crippen molar-refractivity contribution in [3.63, 3.8) is 0 Å². The SMILES string of the molecule is CC(C)COc1cc(-c2nc(CCC(=O)c3ccccc3OCCO)co2)ccc1OC(F)F. The van der Waals surface area contributed by atoms with Crippen LogP contribution in [0, 0.1) is 5.92 Å². The van der Waals surface area contributed by atoms with Crippen LogP contribution in [0.4, 0.5) is 8.78 Å². The number of nitrogens with zero attached hydrogens (tertiary/aromatic N) is 1. The lowest BCUT2D eigenvalue weighted by Gasteiger charge is -2.14. The Morgan fingerprint density at radius 1 is 1.09 bits per heavy atom. The number of alkyl halides is 2. The van der Waals surface area contributed by atoms with Crippen LogP contribution in [-0.2, 0) is 6.42 Å². The summed E-state index contributed by atoms with van der Waals surface area (Å²) < 4.78 is 46.6. The van der Waals surface area contributed by atoms with E-state index in [9.17, 15) is 13.6 Å². The molecule has 0 saturated carbocycles. The van der Waals surface area contributed by atoms with Gasteiger partial charge in [0.15, 0.2) is 17.3 Å². The lowest BCUT2D eigenvalue weighted by Crippen LogP contribution is -2.08. The first-order chi connectivity index (χ1) is 16.4. The monoisotopic (exact) mass is 475 g/mol. The third kappa shape index (κ3) is 7.02. The third-order valence-corrected chi connectivity index (χ3v) is 4.68. The van der Waals surface area contributed by atoms with Crippen LogP contribution in [0.5, 0.6) is 17.2 Å². The zero-order valence-electron chi connectivity index (χ0n) is 19.0. The Morgan fingerprint density at radius 3 is 2.62 bits per heavy atom. The second-order valence-corrected chi connectivity index (χ2v) is 7.88. The molecule has 0 saturated heterocycles. The highest BCUT2D eigenvalue weighted by Crippen LogP contribution is 2.34. The number of aryl methyl sites for hydroxylation is 1. The first-order valence-electron chi connectivity index (χ1n) is 10.9. The van der Waals surface area contributed by atoms with Crippen LogP contribution in [-0.4, -0.2) is 42.3 Å². The molecule has 182 valence electrons. The molecular formula is C25H27F2NO6. The summed E-state index contributed by atoms with van der Waals surface area (Å²) in [5.41, 5.74) is 1.52. The number of aliphatic hydroxyl groups is 1. The van der Waals surface area contributed by atoms with E-state index in [0.717, 1.165) is 0 Å². The summed E-state index contributed by atoms with van der Waals surface area (Å²) in [6.07, 6.45) is 1.96. The number of hydrogen-bond donors (Lipinski definition) is 1. The van der Waals surface area contributed by atoms with E-state index in [-0.39, 0.29) is 48.7 Å². The molecule has 0 aliphatic carbocycles. The number of benzene rings is 2. The van der Waals surface area contributed by atoms with E-state index in [1.54, 1.807) is 30.3 Å². The molecule has 2 aromatic carbocycles. The van der Waals surface area contributed by atoms with Crippen molar-refractivity contribution >= 4 is 5.78 Å². The van der Waals surface area contributed by atoms with Crippen LogP contribution in [0.2, 0.25) is 0 Å². The summed E-state index contributed by atoms with van der Waals surface area (Å²) >= 11 is 0. The molecule has 0 aliphatic rings. The van der Waals surface area contributed by atoms with Crippen LogP contribution < -0.4 is 14.2 Å². The Labute approximate surface area is 196 Å². The normalized spacial score (nSPS) is 11.1. The van der Waals surface area contributed by atoms with Crippen molar-refractivity contribution in [2.45, 2.75) is 33.3 Å². The largest absolute Gasteiger partial charge is 0.490 e. The van der Waals surface area contributed by atoms with E-state index in [2.05, 4.69) is 9.72 Å².